The summed E-state index contributed by atoms with van der Waals surface area (Å²) in [6.07, 6.45) is 5.83. The maximum Gasteiger partial charge on any atom is 0.160 e. The van der Waals surface area contributed by atoms with E-state index in [2.05, 4.69) is 39.2 Å². The summed E-state index contributed by atoms with van der Waals surface area (Å²) in [6.45, 7) is 6.83. The molecule has 0 radical (unpaired) electrons. The van der Waals surface area contributed by atoms with Crippen molar-refractivity contribution in [1.29, 1.82) is 0 Å². The van der Waals surface area contributed by atoms with Crippen molar-refractivity contribution in [1.82, 2.24) is 19.4 Å². The van der Waals surface area contributed by atoms with E-state index >= 15 is 0 Å². The number of likely N-dealkylation sites (tertiary alicyclic amines) is 1. The lowest BCUT2D eigenvalue weighted by Gasteiger charge is -2.17. The van der Waals surface area contributed by atoms with Crippen LogP contribution in [-0.2, 0) is 6.54 Å². The van der Waals surface area contributed by atoms with E-state index in [0.29, 0.717) is 5.92 Å². The highest BCUT2D eigenvalue weighted by atomic mass is 32.2. The Bertz CT molecular complexity index is 647. The molecule has 0 bridgehead atoms. The zero-order chi connectivity index (χ0) is 14.9. The Morgan fingerprint density at radius 3 is 3.09 bits per heavy atom. The van der Waals surface area contributed by atoms with Gasteiger partial charge in [0.05, 0.1) is 0 Å². The van der Waals surface area contributed by atoms with Crippen LogP contribution in [0.4, 0.5) is 0 Å². The van der Waals surface area contributed by atoms with Crippen LogP contribution in [0, 0.1) is 0 Å². The molecule has 4 nitrogen and oxygen atoms in total. The van der Waals surface area contributed by atoms with Crippen molar-refractivity contribution >= 4 is 22.9 Å². The van der Waals surface area contributed by atoms with Crippen molar-refractivity contribution < 1.29 is 0 Å². The first kappa shape index (κ1) is 14.5. The fraction of sp³-hybridized carbons (Fsp3) is 0.647. The van der Waals surface area contributed by atoms with E-state index in [1.807, 2.05) is 12.3 Å². The topological polar surface area (TPSA) is 34.0 Å². The Morgan fingerprint density at radius 2 is 2.32 bits per heavy atom. The minimum Gasteiger partial charge on any atom is -0.311 e. The third kappa shape index (κ3) is 2.65. The molecule has 22 heavy (non-hydrogen) atoms. The monoisotopic (exact) mass is 316 g/mol. The molecule has 4 heterocycles. The van der Waals surface area contributed by atoms with Crippen molar-refractivity contribution in [3.05, 3.63) is 24.2 Å². The lowest BCUT2D eigenvalue weighted by molar-refractivity contribution is 0.351. The van der Waals surface area contributed by atoms with Gasteiger partial charge in [0, 0.05) is 30.5 Å². The Kier molecular flexibility index (Phi) is 4.09. The molecule has 2 aliphatic rings. The summed E-state index contributed by atoms with van der Waals surface area (Å²) in [7, 11) is 0. The second-order valence-electron chi connectivity index (χ2n) is 6.44. The van der Waals surface area contributed by atoms with Crippen LogP contribution in [-0.4, -0.2) is 50.1 Å². The number of imidazole rings is 1. The molecular formula is C17H24N4S. The maximum atomic E-state index is 4.97. The Morgan fingerprint density at radius 1 is 1.36 bits per heavy atom. The lowest BCUT2D eigenvalue weighted by atomic mass is 10.1. The fourth-order valence-corrected chi connectivity index (χ4v) is 5.04. The number of rotatable bonds is 4. The number of thioether (sulfide) groups is 1. The quantitative estimate of drug-likeness (QED) is 0.868. The summed E-state index contributed by atoms with van der Waals surface area (Å²) < 4.78 is 2.43. The molecule has 2 unspecified atom stereocenters. The van der Waals surface area contributed by atoms with Gasteiger partial charge in [-0.2, -0.15) is 11.8 Å². The largest absolute Gasteiger partial charge is 0.311 e. The van der Waals surface area contributed by atoms with E-state index in [-0.39, 0.29) is 0 Å². The van der Waals surface area contributed by atoms with Gasteiger partial charge in [0.15, 0.2) is 5.65 Å². The smallest absolute Gasteiger partial charge is 0.160 e. The molecule has 0 amide bonds. The number of hydrogen-bond donors (Lipinski definition) is 0. The van der Waals surface area contributed by atoms with E-state index in [0.717, 1.165) is 36.0 Å². The van der Waals surface area contributed by atoms with Gasteiger partial charge < -0.3 is 9.47 Å². The molecule has 2 aromatic rings. The van der Waals surface area contributed by atoms with Crippen LogP contribution >= 0.6 is 11.8 Å². The van der Waals surface area contributed by atoms with Gasteiger partial charge in [0.2, 0.25) is 0 Å². The van der Waals surface area contributed by atoms with Gasteiger partial charge >= 0.3 is 0 Å². The first-order chi connectivity index (χ1) is 10.8. The molecule has 0 N–H and O–H groups in total. The molecule has 0 spiro atoms. The van der Waals surface area contributed by atoms with E-state index in [9.17, 15) is 0 Å². The van der Waals surface area contributed by atoms with Gasteiger partial charge in [-0.15, -0.1) is 0 Å². The molecule has 0 aliphatic carbocycles. The average molecular weight is 316 g/mol. The molecule has 4 rings (SSSR count). The highest BCUT2D eigenvalue weighted by Crippen LogP contribution is 2.32. The third-order valence-corrected chi connectivity index (χ3v) is 6.41. The minimum absolute atomic E-state index is 0.570. The Labute approximate surface area is 136 Å². The number of fused-ring (bicyclic) bond motifs is 1. The van der Waals surface area contributed by atoms with Crippen LogP contribution in [0.15, 0.2) is 18.3 Å². The maximum absolute atomic E-state index is 4.97. The molecule has 118 valence electrons. The molecule has 2 fully saturated rings. The summed E-state index contributed by atoms with van der Waals surface area (Å²) in [5.41, 5.74) is 2.15. The highest BCUT2D eigenvalue weighted by molar-refractivity contribution is 8.00. The molecule has 0 saturated carbocycles. The normalized spacial score (nSPS) is 26.2. The Balaban J connectivity index is 1.69. The highest BCUT2D eigenvalue weighted by Gasteiger charge is 2.29. The van der Waals surface area contributed by atoms with E-state index in [1.165, 1.54) is 37.4 Å². The van der Waals surface area contributed by atoms with Crippen LogP contribution in [0.5, 0.6) is 0 Å². The van der Waals surface area contributed by atoms with E-state index < -0.39 is 0 Å². The number of likely N-dealkylation sites (N-methyl/N-ethyl adjacent to an activating group) is 1. The molecule has 2 aromatic heterocycles. The summed E-state index contributed by atoms with van der Waals surface area (Å²) in [6, 6.07) is 4.11. The second-order valence-corrected chi connectivity index (χ2v) is 7.85. The second kappa shape index (κ2) is 6.20. The average Bonchev–Trinajstić information content (AvgIpc) is 3.27. The van der Waals surface area contributed by atoms with Gasteiger partial charge in [-0.25, -0.2) is 9.97 Å². The van der Waals surface area contributed by atoms with Gasteiger partial charge in [0.25, 0.3) is 0 Å². The number of nitrogens with zero attached hydrogens (tertiary/aromatic N) is 4. The Hall–Kier alpha value is -1.07. The predicted octanol–water partition coefficient (Wildman–Crippen LogP) is 3.14. The molecular weight excluding hydrogens is 292 g/mol. The molecule has 2 saturated heterocycles. The van der Waals surface area contributed by atoms with Crippen LogP contribution < -0.4 is 0 Å². The zero-order valence-electron chi connectivity index (χ0n) is 13.2. The minimum atomic E-state index is 0.570. The van der Waals surface area contributed by atoms with Crippen molar-refractivity contribution in [2.24, 2.45) is 0 Å². The van der Waals surface area contributed by atoms with Crippen LogP contribution in [0.2, 0.25) is 0 Å². The predicted molar refractivity (Wildman–Crippen MR) is 92.5 cm³/mol. The molecule has 5 heteroatoms. The zero-order valence-corrected chi connectivity index (χ0v) is 14.1. The van der Waals surface area contributed by atoms with Crippen molar-refractivity contribution in [3.63, 3.8) is 0 Å². The van der Waals surface area contributed by atoms with Gasteiger partial charge in [-0.05, 0) is 50.2 Å². The van der Waals surface area contributed by atoms with Crippen molar-refractivity contribution in [2.75, 3.05) is 25.4 Å². The summed E-state index contributed by atoms with van der Waals surface area (Å²) in [5.74, 6) is 3.16. The van der Waals surface area contributed by atoms with Gasteiger partial charge in [-0.1, -0.05) is 6.92 Å². The van der Waals surface area contributed by atoms with Crippen LogP contribution in [0.3, 0.4) is 0 Å². The first-order valence-corrected chi connectivity index (χ1v) is 9.55. The van der Waals surface area contributed by atoms with Crippen LogP contribution in [0.25, 0.3) is 11.2 Å². The molecule has 2 atom stereocenters. The summed E-state index contributed by atoms with van der Waals surface area (Å²) >= 11 is 2.12. The van der Waals surface area contributed by atoms with Gasteiger partial charge in [0.1, 0.15) is 11.3 Å². The van der Waals surface area contributed by atoms with Crippen molar-refractivity contribution in [2.45, 2.75) is 43.9 Å². The standard InChI is InChI=1S/C17H24N4S/c1-2-20-9-7-13(11-20)16-19-15-6-3-8-18-17(15)21(16)12-14-5-4-10-22-14/h3,6,8,13-14H,2,4-5,7,9-12H2,1H3. The number of pyridine rings is 1. The van der Waals surface area contributed by atoms with E-state index in [4.69, 9.17) is 4.98 Å². The molecule has 0 aromatic carbocycles. The summed E-state index contributed by atoms with van der Waals surface area (Å²) in [4.78, 5) is 12.1. The summed E-state index contributed by atoms with van der Waals surface area (Å²) in [5, 5.41) is 0.738. The SMILES string of the molecule is CCN1CCC(c2nc3cccnc3n2CC2CCCS2)C1. The third-order valence-electron chi connectivity index (χ3n) is 5.03. The molecule has 2 aliphatic heterocycles. The van der Waals surface area contributed by atoms with E-state index in [1.54, 1.807) is 0 Å². The van der Waals surface area contributed by atoms with Crippen molar-refractivity contribution in [3.8, 4) is 0 Å². The van der Waals surface area contributed by atoms with Gasteiger partial charge in [-0.3, -0.25) is 0 Å². The number of hydrogen-bond acceptors (Lipinski definition) is 4. The fourth-order valence-electron chi connectivity index (χ4n) is 3.79. The van der Waals surface area contributed by atoms with Crippen LogP contribution in [0.1, 0.15) is 37.9 Å². The number of aromatic nitrogens is 3. The lowest BCUT2D eigenvalue weighted by Crippen LogP contribution is -2.21. The first-order valence-electron chi connectivity index (χ1n) is 8.50.